The maximum absolute atomic E-state index is 13.5. The van der Waals surface area contributed by atoms with Gasteiger partial charge in [0.1, 0.15) is 5.82 Å². The Morgan fingerprint density at radius 3 is 2.71 bits per heavy atom. The van der Waals surface area contributed by atoms with Gasteiger partial charge >= 0.3 is 0 Å². The maximum atomic E-state index is 13.5. The van der Waals surface area contributed by atoms with E-state index < -0.39 is 11.4 Å². The first-order valence-electron chi connectivity index (χ1n) is 5.66. The first-order valence-corrected chi connectivity index (χ1v) is 6.03. The standard InChI is InChI=1S/C12H12ClFN2O/c13-6-5-7(14)10(15)8-9(6)12(16-11(8)17)3-1-2-4-12/h5H,1-4,15H2,(H,16,17). The average molecular weight is 255 g/mol. The normalized spacial score (nSPS) is 20.7. The van der Waals surface area contributed by atoms with Crippen LogP contribution in [0, 0.1) is 5.82 Å². The molecule has 0 radical (unpaired) electrons. The van der Waals surface area contributed by atoms with Crippen LogP contribution < -0.4 is 11.1 Å². The minimum Gasteiger partial charge on any atom is -0.396 e. The first-order chi connectivity index (χ1) is 8.05. The molecule has 1 spiro atoms. The van der Waals surface area contributed by atoms with Gasteiger partial charge in [-0.25, -0.2) is 4.39 Å². The number of benzene rings is 1. The van der Waals surface area contributed by atoms with E-state index in [1.165, 1.54) is 6.07 Å². The first kappa shape index (κ1) is 10.8. The summed E-state index contributed by atoms with van der Waals surface area (Å²) in [5.41, 5.74) is 6.07. The highest BCUT2D eigenvalue weighted by Gasteiger charge is 2.47. The number of anilines is 1. The number of nitrogens with two attached hydrogens (primary N) is 1. The van der Waals surface area contributed by atoms with Gasteiger partial charge in [0.25, 0.3) is 5.91 Å². The smallest absolute Gasteiger partial charge is 0.254 e. The van der Waals surface area contributed by atoms with Crippen LogP contribution >= 0.6 is 11.6 Å². The Kier molecular flexibility index (Phi) is 2.14. The number of fused-ring (bicyclic) bond motifs is 2. The largest absolute Gasteiger partial charge is 0.396 e. The summed E-state index contributed by atoms with van der Waals surface area (Å²) in [4.78, 5) is 11.9. The summed E-state index contributed by atoms with van der Waals surface area (Å²) in [6.07, 6.45) is 3.76. The molecule has 2 aliphatic rings. The van der Waals surface area contributed by atoms with Crippen molar-refractivity contribution in [3.8, 4) is 0 Å². The second-order valence-corrected chi connectivity index (χ2v) is 5.15. The van der Waals surface area contributed by atoms with Gasteiger partial charge in [-0.2, -0.15) is 0 Å². The summed E-state index contributed by atoms with van der Waals surface area (Å²) in [5, 5.41) is 3.23. The minimum absolute atomic E-state index is 0.0920. The fourth-order valence-electron chi connectivity index (χ4n) is 3.03. The van der Waals surface area contributed by atoms with Crippen molar-refractivity contribution < 1.29 is 9.18 Å². The molecule has 1 amide bonds. The number of rotatable bonds is 0. The summed E-state index contributed by atoms with van der Waals surface area (Å²) < 4.78 is 13.5. The van der Waals surface area contributed by atoms with Crippen LogP contribution in [-0.2, 0) is 5.54 Å². The van der Waals surface area contributed by atoms with Crippen molar-refractivity contribution in [3.63, 3.8) is 0 Å². The zero-order valence-corrected chi connectivity index (χ0v) is 9.90. The fourth-order valence-corrected chi connectivity index (χ4v) is 3.41. The zero-order chi connectivity index (χ0) is 12.2. The molecule has 3 nitrogen and oxygen atoms in total. The summed E-state index contributed by atoms with van der Waals surface area (Å²) in [6.45, 7) is 0. The van der Waals surface area contributed by atoms with Gasteiger partial charge in [0.15, 0.2) is 0 Å². The summed E-state index contributed by atoms with van der Waals surface area (Å²) >= 11 is 6.09. The molecule has 0 saturated heterocycles. The van der Waals surface area contributed by atoms with E-state index >= 15 is 0 Å². The Morgan fingerprint density at radius 1 is 1.41 bits per heavy atom. The molecule has 1 aliphatic carbocycles. The maximum Gasteiger partial charge on any atom is 0.254 e. The van der Waals surface area contributed by atoms with Crippen molar-refractivity contribution in [2.75, 3.05) is 5.73 Å². The molecule has 1 fully saturated rings. The highest BCUT2D eigenvalue weighted by molar-refractivity contribution is 6.32. The minimum atomic E-state index is -0.626. The molecule has 3 rings (SSSR count). The van der Waals surface area contributed by atoms with Gasteiger partial charge in [-0.05, 0) is 18.9 Å². The number of hydrogen-bond acceptors (Lipinski definition) is 2. The Balaban J connectivity index is 2.30. The average Bonchev–Trinajstić information content (AvgIpc) is 2.82. The number of hydrogen-bond donors (Lipinski definition) is 2. The Bertz CT molecular complexity index is 524. The van der Waals surface area contributed by atoms with Crippen molar-refractivity contribution in [1.82, 2.24) is 5.32 Å². The molecule has 1 aliphatic heterocycles. The molecule has 17 heavy (non-hydrogen) atoms. The number of amides is 1. The third-order valence-electron chi connectivity index (χ3n) is 3.78. The molecule has 0 aromatic heterocycles. The van der Waals surface area contributed by atoms with Crippen LogP contribution in [0.25, 0.3) is 0 Å². The summed E-state index contributed by atoms with van der Waals surface area (Å²) in [5.74, 6) is -0.931. The van der Waals surface area contributed by atoms with E-state index in [4.69, 9.17) is 17.3 Å². The quantitative estimate of drug-likeness (QED) is 0.699. The van der Waals surface area contributed by atoms with Gasteiger partial charge in [-0.1, -0.05) is 24.4 Å². The Hall–Kier alpha value is -1.29. The van der Waals surface area contributed by atoms with Gasteiger partial charge in [-0.3, -0.25) is 4.79 Å². The lowest BCUT2D eigenvalue weighted by atomic mass is 9.88. The van der Waals surface area contributed by atoms with Crippen molar-refractivity contribution in [2.45, 2.75) is 31.2 Å². The lowest BCUT2D eigenvalue weighted by Crippen LogP contribution is -2.36. The lowest BCUT2D eigenvalue weighted by Gasteiger charge is -2.25. The predicted octanol–water partition coefficient (Wildman–Crippen LogP) is 2.57. The van der Waals surface area contributed by atoms with Crippen LogP contribution in [0.15, 0.2) is 6.07 Å². The summed E-state index contributed by atoms with van der Waals surface area (Å²) in [6, 6.07) is 1.20. The van der Waals surface area contributed by atoms with Crippen LogP contribution in [0.5, 0.6) is 0 Å². The predicted molar refractivity (Wildman–Crippen MR) is 63.4 cm³/mol. The van der Waals surface area contributed by atoms with E-state index in [-0.39, 0.29) is 17.2 Å². The van der Waals surface area contributed by atoms with Crippen LogP contribution in [0.2, 0.25) is 5.02 Å². The van der Waals surface area contributed by atoms with Crippen molar-refractivity contribution in [2.24, 2.45) is 0 Å². The van der Waals surface area contributed by atoms with E-state index in [2.05, 4.69) is 5.32 Å². The van der Waals surface area contributed by atoms with Gasteiger partial charge in [-0.15, -0.1) is 0 Å². The SMILES string of the molecule is Nc1c(F)cc(Cl)c2c1C(=O)NC21CCCC1. The van der Waals surface area contributed by atoms with Crippen LogP contribution in [0.4, 0.5) is 10.1 Å². The Morgan fingerprint density at radius 2 is 2.06 bits per heavy atom. The third-order valence-corrected chi connectivity index (χ3v) is 4.08. The number of halogens is 2. The lowest BCUT2D eigenvalue weighted by molar-refractivity contribution is 0.0931. The topological polar surface area (TPSA) is 55.1 Å². The molecule has 0 unspecified atom stereocenters. The molecule has 3 N–H and O–H groups in total. The molecule has 1 aromatic carbocycles. The van der Waals surface area contributed by atoms with Gasteiger partial charge < -0.3 is 11.1 Å². The molecule has 1 aromatic rings. The summed E-state index contributed by atoms with van der Waals surface area (Å²) in [7, 11) is 0. The molecule has 0 atom stereocenters. The number of carbonyl (C=O) groups is 1. The highest BCUT2D eigenvalue weighted by Crippen LogP contribution is 2.48. The second-order valence-electron chi connectivity index (χ2n) is 4.75. The number of nitrogen functional groups attached to an aromatic ring is 1. The Labute approximate surface area is 103 Å². The molecule has 1 saturated carbocycles. The third kappa shape index (κ3) is 1.30. The van der Waals surface area contributed by atoms with E-state index in [0.717, 1.165) is 25.7 Å². The molecule has 90 valence electrons. The highest BCUT2D eigenvalue weighted by atomic mass is 35.5. The van der Waals surface area contributed by atoms with E-state index in [1.807, 2.05) is 0 Å². The second kappa shape index (κ2) is 3.35. The van der Waals surface area contributed by atoms with Crippen LogP contribution in [-0.4, -0.2) is 5.91 Å². The van der Waals surface area contributed by atoms with Gasteiger partial charge in [0.05, 0.1) is 16.8 Å². The molecular weight excluding hydrogens is 243 g/mol. The molecule has 0 bridgehead atoms. The van der Waals surface area contributed by atoms with Gasteiger partial charge in [0.2, 0.25) is 0 Å². The van der Waals surface area contributed by atoms with Crippen LogP contribution in [0.1, 0.15) is 41.6 Å². The number of carbonyl (C=O) groups excluding carboxylic acids is 1. The van der Waals surface area contributed by atoms with Crippen molar-refractivity contribution in [3.05, 3.63) is 28.0 Å². The zero-order valence-electron chi connectivity index (χ0n) is 9.15. The van der Waals surface area contributed by atoms with Gasteiger partial charge in [0, 0.05) is 10.6 Å². The van der Waals surface area contributed by atoms with E-state index in [0.29, 0.717) is 10.6 Å². The molecular formula is C12H12ClFN2O. The van der Waals surface area contributed by atoms with E-state index in [9.17, 15) is 9.18 Å². The monoisotopic (exact) mass is 254 g/mol. The van der Waals surface area contributed by atoms with Crippen LogP contribution in [0.3, 0.4) is 0 Å². The number of nitrogens with one attached hydrogen (secondary N) is 1. The van der Waals surface area contributed by atoms with E-state index in [1.54, 1.807) is 0 Å². The molecule has 5 heteroatoms. The van der Waals surface area contributed by atoms with Crippen molar-refractivity contribution in [1.29, 1.82) is 0 Å². The molecule has 1 heterocycles. The fraction of sp³-hybridized carbons (Fsp3) is 0.417. The van der Waals surface area contributed by atoms with Crippen molar-refractivity contribution >= 4 is 23.2 Å².